The molecule has 0 saturated carbocycles. The number of nitrogens with one attached hydrogen (secondary N) is 2. The fourth-order valence-corrected chi connectivity index (χ4v) is 2.02. The Morgan fingerprint density at radius 2 is 2.22 bits per heavy atom. The first-order valence-corrected chi connectivity index (χ1v) is 6.30. The van der Waals surface area contributed by atoms with Crippen LogP contribution in [-0.4, -0.2) is 21.1 Å². The summed E-state index contributed by atoms with van der Waals surface area (Å²) >= 11 is 9.03. The number of rotatable bonds is 2. The summed E-state index contributed by atoms with van der Waals surface area (Å²) in [5.74, 6) is -0.227. The summed E-state index contributed by atoms with van der Waals surface area (Å²) in [6.45, 7) is 3.57. The van der Waals surface area contributed by atoms with Crippen molar-refractivity contribution < 1.29 is 4.79 Å². The number of carbonyl (C=O) groups excluding carboxylic acids is 1. The number of hydrogen-bond acceptors (Lipinski definition) is 3. The highest BCUT2D eigenvalue weighted by molar-refractivity contribution is 9.10. The van der Waals surface area contributed by atoms with Gasteiger partial charge in [-0.25, -0.2) is 4.98 Å². The quantitative estimate of drug-likeness (QED) is 0.832. The summed E-state index contributed by atoms with van der Waals surface area (Å²) in [6, 6.07) is 1.69. The van der Waals surface area contributed by atoms with Crippen LogP contribution in [0.2, 0.25) is 5.15 Å². The minimum atomic E-state index is -0.227. The Morgan fingerprint density at radius 1 is 1.50 bits per heavy atom. The standard InChI is InChI=1S/C11H10BrClN4O/c1-5-9(6(2)17-16-5)11(18)15-7-3-8(12)10(13)14-4-7/h3-4H,1-2H3,(H,15,18)(H,16,17). The maximum absolute atomic E-state index is 12.1. The molecule has 0 bridgehead atoms. The lowest BCUT2D eigenvalue weighted by atomic mass is 10.2. The van der Waals surface area contributed by atoms with Crippen LogP contribution in [0, 0.1) is 13.8 Å². The van der Waals surface area contributed by atoms with Gasteiger partial charge in [0.05, 0.1) is 27.6 Å². The fraction of sp³-hybridized carbons (Fsp3) is 0.182. The number of aryl methyl sites for hydroxylation is 2. The maximum atomic E-state index is 12.1. The first-order valence-electron chi connectivity index (χ1n) is 5.13. The molecule has 2 aromatic rings. The molecule has 0 aliphatic rings. The lowest BCUT2D eigenvalue weighted by Crippen LogP contribution is -2.13. The van der Waals surface area contributed by atoms with E-state index < -0.39 is 0 Å². The summed E-state index contributed by atoms with van der Waals surface area (Å²) in [6.07, 6.45) is 1.50. The lowest BCUT2D eigenvalue weighted by Gasteiger charge is -2.05. The number of hydrogen-bond donors (Lipinski definition) is 2. The van der Waals surface area contributed by atoms with Gasteiger partial charge in [-0.2, -0.15) is 5.10 Å². The second-order valence-electron chi connectivity index (χ2n) is 3.76. The lowest BCUT2D eigenvalue weighted by molar-refractivity contribution is 0.102. The first kappa shape index (κ1) is 13.0. The summed E-state index contributed by atoms with van der Waals surface area (Å²) in [5.41, 5.74) is 2.49. The predicted octanol–water partition coefficient (Wildman–Crippen LogP) is 3.09. The van der Waals surface area contributed by atoms with Crippen molar-refractivity contribution in [2.45, 2.75) is 13.8 Å². The average molecular weight is 330 g/mol. The van der Waals surface area contributed by atoms with E-state index in [0.29, 0.717) is 26.6 Å². The molecule has 0 spiro atoms. The molecular weight excluding hydrogens is 320 g/mol. The number of nitrogens with zero attached hydrogens (tertiary/aromatic N) is 2. The number of halogens is 2. The van der Waals surface area contributed by atoms with Crippen LogP contribution in [0.25, 0.3) is 0 Å². The fourth-order valence-electron chi connectivity index (χ4n) is 1.57. The molecule has 0 atom stereocenters. The predicted molar refractivity (Wildman–Crippen MR) is 73.0 cm³/mol. The molecule has 2 heterocycles. The molecule has 2 N–H and O–H groups in total. The van der Waals surface area contributed by atoms with Crippen LogP contribution in [0.4, 0.5) is 5.69 Å². The molecule has 0 aliphatic heterocycles. The molecule has 0 aromatic carbocycles. The highest BCUT2D eigenvalue weighted by Crippen LogP contribution is 2.23. The van der Waals surface area contributed by atoms with Crippen LogP contribution in [0.3, 0.4) is 0 Å². The zero-order chi connectivity index (χ0) is 13.3. The Morgan fingerprint density at radius 3 is 2.78 bits per heavy atom. The molecule has 0 radical (unpaired) electrons. The number of carbonyl (C=O) groups is 1. The molecule has 5 nitrogen and oxygen atoms in total. The molecule has 0 fully saturated rings. The second kappa shape index (κ2) is 5.07. The van der Waals surface area contributed by atoms with E-state index in [1.54, 1.807) is 19.9 Å². The van der Waals surface area contributed by atoms with Crippen molar-refractivity contribution in [3.63, 3.8) is 0 Å². The van der Waals surface area contributed by atoms with Crippen molar-refractivity contribution in [1.82, 2.24) is 15.2 Å². The van der Waals surface area contributed by atoms with Crippen LogP contribution in [0.5, 0.6) is 0 Å². The summed E-state index contributed by atoms with van der Waals surface area (Å²) < 4.78 is 0.627. The third-order valence-electron chi connectivity index (χ3n) is 2.41. The van der Waals surface area contributed by atoms with Gasteiger partial charge < -0.3 is 5.32 Å². The van der Waals surface area contributed by atoms with E-state index in [9.17, 15) is 4.79 Å². The number of H-pyrrole nitrogens is 1. The highest BCUT2D eigenvalue weighted by Gasteiger charge is 2.15. The third kappa shape index (κ3) is 2.54. The normalized spacial score (nSPS) is 10.4. The molecule has 0 aliphatic carbocycles. The molecule has 1 amide bonds. The molecule has 0 unspecified atom stereocenters. The van der Waals surface area contributed by atoms with Crippen molar-refractivity contribution in [3.05, 3.63) is 38.8 Å². The molecule has 7 heteroatoms. The molecule has 2 aromatic heterocycles. The van der Waals surface area contributed by atoms with Gasteiger partial charge in [0, 0.05) is 5.69 Å². The first-order chi connectivity index (χ1) is 8.49. The van der Waals surface area contributed by atoms with Gasteiger partial charge in [0.15, 0.2) is 0 Å². The van der Waals surface area contributed by atoms with Gasteiger partial charge in [-0.1, -0.05) is 11.6 Å². The van der Waals surface area contributed by atoms with Gasteiger partial charge in [-0.3, -0.25) is 9.89 Å². The Kier molecular flexibility index (Phi) is 3.68. The van der Waals surface area contributed by atoms with Crippen molar-refractivity contribution in [1.29, 1.82) is 0 Å². The van der Waals surface area contributed by atoms with Crippen LogP contribution in [0.15, 0.2) is 16.7 Å². The smallest absolute Gasteiger partial charge is 0.259 e. The molecule has 18 heavy (non-hydrogen) atoms. The average Bonchev–Trinajstić information content (AvgIpc) is 2.64. The zero-order valence-corrected chi connectivity index (χ0v) is 12.1. The number of aromatic amines is 1. The minimum Gasteiger partial charge on any atom is -0.320 e. The van der Waals surface area contributed by atoms with Crippen LogP contribution in [-0.2, 0) is 0 Å². The Balaban J connectivity index is 2.24. The van der Waals surface area contributed by atoms with Gasteiger partial charge in [0.1, 0.15) is 5.15 Å². The zero-order valence-electron chi connectivity index (χ0n) is 9.71. The van der Waals surface area contributed by atoms with Gasteiger partial charge in [0.2, 0.25) is 0 Å². The van der Waals surface area contributed by atoms with E-state index in [-0.39, 0.29) is 5.91 Å². The number of amides is 1. The van der Waals surface area contributed by atoms with E-state index in [1.165, 1.54) is 6.20 Å². The van der Waals surface area contributed by atoms with E-state index in [1.807, 2.05) is 0 Å². The Bertz CT molecular complexity index is 592. The molecule has 0 saturated heterocycles. The van der Waals surface area contributed by atoms with Gasteiger partial charge >= 0.3 is 0 Å². The van der Waals surface area contributed by atoms with Crippen molar-refractivity contribution in [2.75, 3.05) is 5.32 Å². The number of anilines is 1. The maximum Gasteiger partial charge on any atom is 0.259 e. The van der Waals surface area contributed by atoms with Gasteiger partial charge in [0.25, 0.3) is 5.91 Å². The van der Waals surface area contributed by atoms with Gasteiger partial charge in [-0.15, -0.1) is 0 Å². The van der Waals surface area contributed by atoms with Crippen molar-refractivity contribution in [2.24, 2.45) is 0 Å². The monoisotopic (exact) mass is 328 g/mol. The highest BCUT2D eigenvalue weighted by atomic mass is 79.9. The van der Waals surface area contributed by atoms with Crippen molar-refractivity contribution >= 4 is 39.1 Å². The van der Waals surface area contributed by atoms with Crippen LogP contribution in [0.1, 0.15) is 21.7 Å². The SMILES string of the molecule is Cc1n[nH]c(C)c1C(=O)Nc1cnc(Cl)c(Br)c1. The Labute approximate surface area is 117 Å². The van der Waals surface area contributed by atoms with E-state index >= 15 is 0 Å². The van der Waals surface area contributed by atoms with Crippen LogP contribution >= 0.6 is 27.5 Å². The Hall–Kier alpha value is -1.40. The minimum absolute atomic E-state index is 0.227. The molecular formula is C11H10BrClN4O. The van der Waals surface area contributed by atoms with Crippen LogP contribution < -0.4 is 5.32 Å². The summed E-state index contributed by atoms with van der Waals surface area (Å²) in [5, 5.41) is 9.84. The topological polar surface area (TPSA) is 70.7 Å². The van der Waals surface area contributed by atoms with E-state index in [2.05, 4.69) is 36.4 Å². The van der Waals surface area contributed by atoms with E-state index in [0.717, 1.165) is 5.69 Å². The summed E-state index contributed by atoms with van der Waals surface area (Å²) in [7, 11) is 0. The number of pyridine rings is 1. The number of aromatic nitrogens is 3. The third-order valence-corrected chi connectivity index (χ3v) is 3.54. The second-order valence-corrected chi connectivity index (χ2v) is 4.97. The largest absolute Gasteiger partial charge is 0.320 e. The summed E-state index contributed by atoms with van der Waals surface area (Å²) in [4.78, 5) is 16.0. The van der Waals surface area contributed by atoms with Gasteiger partial charge in [-0.05, 0) is 35.8 Å². The van der Waals surface area contributed by atoms with E-state index in [4.69, 9.17) is 11.6 Å². The molecule has 94 valence electrons. The van der Waals surface area contributed by atoms with Crippen molar-refractivity contribution in [3.8, 4) is 0 Å². The molecule has 2 rings (SSSR count).